The Morgan fingerprint density at radius 1 is 1.14 bits per heavy atom. The third-order valence-corrected chi connectivity index (χ3v) is 2.95. The lowest BCUT2D eigenvalue weighted by Gasteiger charge is -2.07. The van der Waals surface area contributed by atoms with Crippen LogP contribution in [0.15, 0.2) is 27.5 Å². The molecule has 0 bridgehead atoms. The third-order valence-electron chi connectivity index (χ3n) is 2.95. The molecule has 0 unspecified atom stereocenters. The van der Waals surface area contributed by atoms with Gasteiger partial charge in [-0.05, 0) is 54.2 Å². The second kappa shape index (κ2) is 7.62. The first kappa shape index (κ1) is 17.7. The first-order valence-corrected chi connectivity index (χ1v) is 6.47. The van der Waals surface area contributed by atoms with Gasteiger partial charge < -0.3 is 5.73 Å². The van der Waals surface area contributed by atoms with E-state index in [1.807, 2.05) is 0 Å². The quantitative estimate of drug-likeness (QED) is 0.356. The standard InChI is InChI=1S/C13H15F3N4O2/c1-8-6-10(19-21)9(11(7-8)20-22)4-2-3-5-18-12(17)13(14,15)16/h6-7H,2-5H2,1H3,(H2,17,18). The number of hydrogen-bond donors (Lipinski definition) is 1. The molecule has 0 fully saturated rings. The van der Waals surface area contributed by atoms with E-state index in [1.54, 1.807) is 6.92 Å². The summed E-state index contributed by atoms with van der Waals surface area (Å²) in [5.74, 6) is -1.37. The highest BCUT2D eigenvalue weighted by Gasteiger charge is 2.33. The molecule has 1 rings (SSSR count). The molecule has 0 amide bonds. The number of halogens is 3. The van der Waals surface area contributed by atoms with Gasteiger partial charge in [-0.2, -0.15) is 13.2 Å². The molecule has 0 saturated carbocycles. The number of rotatable bonds is 7. The van der Waals surface area contributed by atoms with Gasteiger partial charge in [-0.15, -0.1) is 9.81 Å². The van der Waals surface area contributed by atoms with Crippen LogP contribution in [0.2, 0.25) is 0 Å². The summed E-state index contributed by atoms with van der Waals surface area (Å²) in [4.78, 5) is 24.8. The summed E-state index contributed by atoms with van der Waals surface area (Å²) < 4.78 is 36.3. The molecular weight excluding hydrogens is 301 g/mol. The van der Waals surface area contributed by atoms with Gasteiger partial charge in [-0.1, -0.05) is 0 Å². The van der Waals surface area contributed by atoms with E-state index < -0.39 is 12.0 Å². The van der Waals surface area contributed by atoms with Crippen LogP contribution in [0.3, 0.4) is 0 Å². The summed E-state index contributed by atoms with van der Waals surface area (Å²) >= 11 is 0. The van der Waals surface area contributed by atoms with Crippen molar-refractivity contribution in [3.05, 3.63) is 33.1 Å². The fraction of sp³-hybridized carbons (Fsp3) is 0.462. The van der Waals surface area contributed by atoms with Crippen molar-refractivity contribution in [2.75, 3.05) is 6.54 Å². The maximum atomic E-state index is 12.1. The molecule has 0 atom stereocenters. The summed E-state index contributed by atoms with van der Waals surface area (Å²) in [6.07, 6.45) is -3.59. The molecule has 1 aromatic rings. The van der Waals surface area contributed by atoms with E-state index in [9.17, 15) is 23.0 Å². The molecule has 0 aromatic heterocycles. The zero-order chi connectivity index (χ0) is 16.8. The van der Waals surface area contributed by atoms with Crippen molar-refractivity contribution in [1.29, 1.82) is 0 Å². The number of benzene rings is 1. The largest absolute Gasteiger partial charge is 0.448 e. The van der Waals surface area contributed by atoms with Crippen LogP contribution in [0, 0.1) is 16.7 Å². The number of aliphatic imine (C=N–C) groups is 1. The van der Waals surface area contributed by atoms with E-state index >= 15 is 0 Å². The number of amidine groups is 1. The number of aryl methyl sites for hydroxylation is 1. The maximum Gasteiger partial charge on any atom is 0.448 e. The van der Waals surface area contributed by atoms with E-state index in [1.165, 1.54) is 12.1 Å². The van der Waals surface area contributed by atoms with Gasteiger partial charge in [0.05, 0.1) is 0 Å². The monoisotopic (exact) mass is 316 g/mol. The SMILES string of the molecule is Cc1cc(N=O)c(CCCCN=C(N)C(F)(F)F)c(N=O)c1. The van der Waals surface area contributed by atoms with E-state index in [-0.39, 0.29) is 17.9 Å². The van der Waals surface area contributed by atoms with Crippen LogP contribution in [0.5, 0.6) is 0 Å². The molecule has 0 spiro atoms. The maximum absolute atomic E-state index is 12.1. The van der Waals surface area contributed by atoms with Crippen LogP contribution >= 0.6 is 0 Å². The molecule has 0 radical (unpaired) electrons. The summed E-state index contributed by atoms with van der Waals surface area (Å²) in [6, 6.07) is 3.05. The van der Waals surface area contributed by atoms with Crippen LogP contribution in [0.1, 0.15) is 24.0 Å². The van der Waals surface area contributed by atoms with Gasteiger partial charge >= 0.3 is 6.18 Å². The van der Waals surface area contributed by atoms with E-state index in [4.69, 9.17) is 5.73 Å². The number of nitrogens with two attached hydrogens (primary N) is 1. The highest BCUT2D eigenvalue weighted by atomic mass is 19.4. The minimum absolute atomic E-state index is 0.0924. The summed E-state index contributed by atoms with van der Waals surface area (Å²) in [5, 5.41) is 5.71. The minimum Gasteiger partial charge on any atom is -0.380 e. The topological polar surface area (TPSA) is 97.2 Å². The Hall–Kier alpha value is -2.32. The van der Waals surface area contributed by atoms with Gasteiger partial charge in [0, 0.05) is 12.1 Å². The molecule has 0 aliphatic carbocycles. The first-order valence-electron chi connectivity index (χ1n) is 6.47. The molecule has 2 N–H and O–H groups in total. The predicted octanol–water partition coefficient (Wildman–Crippen LogP) is 4.03. The number of unbranched alkanes of at least 4 members (excludes halogenated alkanes) is 1. The van der Waals surface area contributed by atoms with Crippen molar-refractivity contribution in [2.24, 2.45) is 21.1 Å². The Labute approximate surface area is 124 Å². The van der Waals surface area contributed by atoms with Gasteiger partial charge in [-0.3, -0.25) is 4.99 Å². The second-order valence-corrected chi connectivity index (χ2v) is 4.69. The zero-order valence-electron chi connectivity index (χ0n) is 11.9. The van der Waals surface area contributed by atoms with Gasteiger partial charge in [0.15, 0.2) is 0 Å². The lowest BCUT2D eigenvalue weighted by Crippen LogP contribution is -2.31. The Morgan fingerprint density at radius 2 is 1.68 bits per heavy atom. The van der Waals surface area contributed by atoms with E-state index in [0.717, 1.165) is 0 Å². The number of nitroso groups, excluding NO2 is 2. The van der Waals surface area contributed by atoms with Gasteiger partial charge in [0.2, 0.25) is 5.84 Å². The van der Waals surface area contributed by atoms with E-state index in [0.29, 0.717) is 30.4 Å². The van der Waals surface area contributed by atoms with Crippen molar-refractivity contribution in [3.8, 4) is 0 Å². The van der Waals surface area contributed by atoms with Crippen molar-refractivity contribution in [2.45, 2.75) is 32.4 Å². The molecule has 120 valence electrons. The lowest BCUT2D eigenvalue weighted by atomic mass is 10.0. The highest BCUT2D eigenvalue weighted by molar-refractivity contribution is 5.85. The summed E-state index contributed by atoms with van der Waals surface area (Å²) in [6.45, 7) is 1.60. The molecule has 1 aromatic carbocycles. The van der Waals surface area contributed by atoms with Crippen molar-refractivity contribution in [3.63, 3.8) is 0 Å². The molecule has 6 nitrogen and oxygen atoms in total. The Kier molecular flexibility index (Phi) is 6.14. The van der Waals surface area contributed by atoms with Crippen LogP contribution < -0.4 is 5.73 Å². The molecule has 0 aliphatic rings. The lowest BCUT2D eigenvalue weighted by molar-refractivity contribution is -0.0600. The molecule has 22 heavy (non-hydrogen) atoms. The van der Waals surface area contributed by atoms with Crippen LogP contribution in [-0.2, 0) is 6.42 Å². The molecule has 9 heteroatoms. The Morgan fingerprint density at radius 3 is 2.14 bits per heavy atom. The number of nitrogens with zero attached hydrogens (tertiary/aromatic N) is 3. The summed E-state index contributed by atoms with van der Waals surface area (Å²) in [5.41, 5.74) is 6.07. The van der Waals surface area contributed by atoms with E-state index in [2.05, 4.69) is 15.3 Å². The highest BCUT2D eigenvalue weighted by Crippen LogP contribution is 2.32. The molecular formula is C13H15F3N4O2. The molecule has 0 aliphatic heterocycles. The van der Waals surface area contributed by atoms with Gasteiger partial charge in [0.1, 0.15) is 11.4 Å². The Bertz CT molecular complexity index is 556. The second-order valence-electron chi connectivity index (χ2n) is 4.69. The Balaban J connectivity index is 2.66. The van der Waals surface area contributed by atoms with Crippen LogP contribution in [0.4, 0.5) is 24.5 Å². The smallest absolute Gasteiger partial charge is 0.380 e. The van der Waals surface area contributed by atoms with Gasteiger partial charge in [-0.25, -0.2) is 0 Å². The van der Waals surface area contributed by atoms with Crippen LogP contribution in [0.25, 0.3) is 0 Å². The average Bonchev–Trinajstić information content (AvgIpc) is 2.45. The fourth-order valence-electron chi connectivity index (χ4n) is 1.90. The fourth-order valence-corrected chi connectivity index (χ4v) is 1.90. The summed E-state index contributed by atoms with van der Waals surface area (Å²) in [7, 11) is 0. The predicted molar refractivity (Wildman–Crippen MR) is 77.6 cm³/mol. The van der Waals surface area contributed by atoms with Crippen molar-refractivity contribution < 1.29 is 13.2 Å². The third kappa shape index (κ3) is 4.90. The van der Waals surface area contributed by atoms with Crippen molar-refractivity contribution >= 4 is 17.2 Å². The molecule has 0 heterocycles. The number of hydrogen-bond acceptors (Lipinski definition) is 5. The minimum atomic E-state index is -4.62. The number of alkyl halides is 3. The van der Waals surface area contributed by atoms with Gasteiger partial charge in [0.25, 0.3) is 0 Å². The molecule has 0 saturated heterocycles. The normalized spacial score (nSPS) is 12.3. The van der Waals surface area contributed by atoms with Crippen LogP contribution in [-0.4, -0.2) is 18.6 Å². The van der Waals surface area contributed by atoms with Crippen molar-refractivity contribution in [1.82, 2.24) is 0 Å². The zero-order valence-corrected chi connectivity index (χ0v) is 11.9. The first-order chi connectivity index (χ1) is 10.3. The average molecular weight is 316 g/mol.